The molecule has 2 aromatic carbocycles. The van der Waals surface area contributed by atoms with Crippen molar-refractivity contribution in [2.24, 2.45) is 0 Å². The number of nitrogens with one attached hydrogen (secondary N) is 1. The molecule has 0 aliphatic heterocycles. The van der Waals surface area contributed by atoms with Crippen molar-refractivity contribution in [1.82, 2.24) is 14.8 Å². The number of aromatic nitrogens is 3. The highest BCUT2D eigenvalue weighted by molar-refractivity contribution is 5.93. The Kier molecular flexibility index (Phi) is 4.56. The third-order valence-corrected chi connectivity index (χ3v) is 3.53. The zero-order valence-corrected chi connectivity index (χ0v) is 13.6. The number of hydrogen-bond donors (Lipinski definition) is 1. The van der Waals surface area contributed by atoms with Crippen molar-refractivity contribution in [3.63, 3.8) is 0 Å². The molecule has 3 aromatic rings. The maximum Gasteiger partial charge on any atom is 0.262 e. The summed E-state index contributed by atoms with van der Waals surface area (Å²) < 4.78 is 7.21. The first kappa shape index (κ1) is 15.7. The molecular formula is C18H18N4O2. The molecule has 0 unspecified atom stereocenters. The Hall–Kier alpha value is -3.15. The number of hydrogen-bond acceptors (Lipinski definition) is 4. The SMILES string of the molecule is Cc1ccc(OCC(=O)Nc2ccccc2-n2cncn2)c(C)c1. The first-order valence-electron chi connectivity index (χ1n) is 7.57. The molecule has 0 spiro atoms. The van der Waals surface area contributed by atoms with Crippen LogP contribution in [-0.2, 0) is 4.79 Å². The Morgan fingerprint density at radius 3 is 2.79 bits per heavy atom. The molecule has 1 N–H and O–H groups in total. The van der Waals surface area contributed by atoms with Crippen LogP contribution in [0.25, 0.3) is 5.69 Å². The molecule has 3 rings (SSSR count). The second kappa shape index (κ2) is 6.95. The predicted molar refractivity (Wildman–Crippen MR) is 91.4 cm³/mol. The zero-order valence-electron chi connectivity index (χ0n) is 13.6. The second-order valence-electron chi connectivity index (χ2n) is 5.46. The highest BCUT2D eigenvalue weighted by Gasteiger charge is 2.10. The van der Waals surface area contributed by atoms with E-state index in [1.165, 1.54) is 6.33 Å². The molecule has 24 heavy (non-hydrogen) atoms. The van der Waals surface area contributed by atoms with Crippen LogP contribution in [0.2, 0.25) is 0 Å². The largest absolute Gasteiger partial charge is 0.483 e. The van der Waals surface area contributed by atoms with Gasteiger partial charge in [0.1, 0.15) is 18.4 Å². The Morgan fingerprint density at radius 1 is 1.21 bits per heavy atom. The van der Waals surface area contributed by atoms with Gasteiger partial charge < -0.3 is 10.1 Å². The Bertz CT molecular complexity index is 844. The van der Waals surface area contributed by atoms with E-state index in [9.17, 15) is 4.79 Å². The van der Waals surface area contributed by atoms with Crippen LogP contribution in [0, 0.1) is 13.8 Å². The van der Waals surface area contributed by atoms with E-state index in [1.807, 2.05) is 56.3 Å². The van der Waals surface area contributed by atoms with Gasteiger partial charge in [0.05, 0.1) is 11.4 Å². The standard InChI is InChI=1S/C18H18N4O2/c1-13-7-8-17(14(2)9-13)24-10-18(23)21-15-5-3-4-6-16(15)22-12-19-11-20-22/h3-9,11-12H,10H2,1-2H3,(H,21,23). The van der Waals surface area contributed by atoms with Crippen LogP contribution >= 0.6 is 0 Å². The average molecular weight is 322 g/mol. The number of para-hydroxylation sites is 2. The summed E-state index contributed by atoms with van der Waals surface area (Å²) in [5, 5.41) is 6.94. The number of ether oxygens (including phenoxy) is 1. The zero-order chi connectivity index (χ0) is 16.9. The number of anilines is 1. The van der Waals surface area contributed by atoms with Crippen LogP contribution in [-0.4, -0.2) is 27.3 Å². The smallest absolute Gasteiger partial charge is 0.262 e. The van der Waals surface area contributed by atoms with Crippen LogP contribution in [0.15, 0.2) is 55.1 Å². The van der Waals surface area contributed by atoms with E-state index in [4.69, 9.17) is 4.74 Å². The van der Waals surface area contributed by atoms with Crippen LogP contribution in [0.1, 0.15) is 11.1 Å². The number of carbonyl (C=O) groups is 1. The first-order valence-corrected chi connectivity index (χ1v) is 7.57. The lowest BCUT2D eigenvalue weighted by molar-refractivity contribution is -0.118. The molecule has 0 aliphatic carbocycles. The van der Waals surface area contributed by atoms with Gasteiger partial charge in [0.2, 0.25) is 0 Å². The maximum atomic E-state index is 12.2. The second-order valence-corrected chi connectivity index (χ2v) is 5.46. The number of nitrogens with zero attached hydrogens (tertiary/aromatic N) is 3. The van der Waals surface area contributed by atoms with Gasteiger partial charge in [0.25, 0.3) is 5.91 Å². The van der Waals surface area contributed by atoms with Gasteiger partial charge in [-0.1, -0.05) is 29.8 Å². The fourth-order valence-electron chi connectivity index (χ4n) is 2.40. The fraction of sp³-hybridized carbons (Fsp3) is 0.167. The van der Waals surface area contributed by atoms with Gasteiger partial charge in [0, 0.05) is 0 Å². The third kappa shape index (κ3) is 3.60. The van der Waals surface area contributed by atoms with Gasteiger partial charge in [-0.05, 0) is 37.6 Å². The van der Waals surface area contributed by atoms with Gasteiger partial charge in [0.15, 0.2) is 6.61 Å². The number of amides is 1. The first-order chi connectivity index (χ1) is 11.6. The van der Waals surface area contributed by atoms with Crippen molar-refractivity contribution < 1.29 is 9.53 Å². The summed E-state index contributed by atoms with van der Waals surface area (Å²) in [6, 6.07) is 13.2. The number of rotatable bonds is 5. The van der Waals surface area contributed by atoms with Crippen molar-refractivity contribution >= 4 is 11.6 Å². The number of aryl methyl sites for hydroxylation is 2. The van der Waals surface area contributed by atoms with Crippen molar-refractivity contribution in [2.75, 3.05) is 11.9 Å². The molecule has 0 aliphatic rings. The number of benzene rings is 2. The van der Waals surface area contributed by atoms with Crippen molar-refractivity contribution in [3.05, 3.63) is 66.2 Å². The molecule has 0 saturated heterocycles. The van der Waals surface area contributed by atoms with E-state index in [1.54, 1.807) is 11.0 Å². The molecule has 1 amide bonds. The molecule has 122 valence electrons. The number of carbonyl (C=O) groups excluding carboxylic acids is 1. The van der Waals surface area contributed by atoms with Gasteiger partial charge >= 0.3 is 0 Å². The lowest BCUT2D eigenvalue weighted by atomic mass is 10.1. The average Bonchev–Trinajstić information content (AvgIpc) is 3.09. The Morgan fingerprint density at radius 2 is 2.04 bits per heavy atom. The summed E-state index contributed by atoms with van der Waals surface area (Å²) in [4.78, 5) is 16.1. The topological polar surface area (TPSA) is 69.0 Å². The minimum absolute atomic E-state index is 0.0599. The molecule has 0 bridgehead atoms. The molecule has 0 atom stereocenters. The predicted octanol–water partition coefficient (Wildman–Crippen LogP) is 2.90. The molecule has 1 aromatic heterocycles. The minimum Gasteiger partial charge on any atom is -0.483 e. The van der Waals surface area contributed by atoms with E-state index in [2.05, 4.69) is 15.4 Å². The summed E-state index contributed by atoms with van der Waals surface area (Å²) in [6.07, 6.45) is 3.03. The van der Waals surface area contributed by atoms with Crippen LogP contribution in [0.4, 0.5) is 5.69 Å². The van der Waals surface area contributed by atoms with Crippen LogP contribution in [0.3, 0.4) is 0 Å². The van der Waals surface area contributed by atoms with Crippen molar-refractivity contribution in [1.29, 1.82) is 0 Å². The van der Waals surface area contributed by atoms with Gasteiger partial charge in [-0.3, -0.25) is 4.79 Å². The van der Waals surface area contributed by atoms with E-state index < -0.39 is 0 Å². The molecular weight excluding hydrogens is 304 g/mol. The van der Waals surface area contributed by atoms with Gasteiger partial charge in [-0.25, -0.2) is 9.67 Å². The maximum absolute atomic E-state index is 12.2. The van der Waals surface area contributed by atoms with Crippen LogP contribution in [0.5, 0.6) is 5.75 Å². The molecule has 0 fully saturated rings. The van der Waals surface area contributed by atoms with Crippen LogP contribution < -0.4 is 10.1 Å². The van der Waals surface area contributed by atoms with Crippen molar-refractivity contribution in [3.8, 4) is 11.4 Å². The molecule has 0 saturated carbocycles. The molecule has 6 nitrogen and oxygen atoms in total. The Labute approximate surface area is 140 Å². The third-order valence-electron chi connectivity index (χ3n) is 3.53. The van der Waals surface area contributed by atoms with Gasteiger partial charge in [-0.2, -0.15) is 5.10 Å². The fourth-order valence-corrected chi connectivity index (χ4v) is 2.40. The normalized spacial score (nSPS) is 10.4. The summed E-state index contributed by atoms with van der Waals surface area (Å²) in [6.45, 7) is 3.92. The van der Waals surface area contributed by atoms with E-state index in [-0.39, 0.29) is 12.5 Å². The molecule has 0 radical (unpaired) electrons. The summed E-state index contributed by atoms with van der Waals surface area (Å²) in [7, 11) is 0. The quantitative estimate of drug-likeness (QED) is 0.784. The van der Waals surface area contributed by atoms with Crippen molar-refractivity contribution in [2.45, 2.75) is 13.8 Å². The lowest BCUT2D eigenvalue weighted by Gasteiger charge is -2.12. The minimum atomic E-state index is -0.234. The van der Waals surface area contributed by atoms with E-state index >= 15 is 0 Å². The monoisotopic (exact) mass is 322 g/mol. The summed E-state index contributed by atoms with van der Waals surface area (Å²) >= 11 is 0. The lowest BCUT2D eigenvalue weighted by Crippen LogP contribution is -2.21. The van der Waals surface area contributed by atoms with E-state index in [0.29, 0.717) is 11.4 Å². The van der Waals surface area contributed by atoms with E-state index in [0.717, 1.165) is 16.8 Å². The molecule has 1 heterocycles. The van der Waals surface area contributed by atoms with Gasteiger partial charge in [-0.15, -0.1) is 0 Å². The Balaban J connectivity index is 1.67. The summed E-state index contributed by atoms with van der Waals surface area (Å²) in [5.41, 5.74) is 3.56. The summed E-state index contributed by atoms with van der Waals surface area (Å²) in [5.74, 6) is 0.475. The highest BCUT2D eigenvalue weighted by Crippen LogP contribution is 2.20. The molecule has 6 heteroatoms. The highest BCUT2D eigenvalue weighted by atomic mass is 16.5.